The van der Waals surface area contributed by atoms with Crippen molar-refractivity contribution in [3.8, 4) is 0 Å². The molecule has 0 amide bonds. The van der Waals surface area contributed by atoms with E-state index < -0.39 is 42.5 Å². The molecular weight excluding hydrogens is 259 g/mol. The van der Waals surface area contributed by atoms with E-state index in [9.17, 15) is 19.1 Å². The van der Waals surface area contributed by atoms with E-state index >= 15 is 0 Å². The first kappa shape index (κ1) is 13.7. The molecule has 1 aliphatic rings. The molecule has 0 spiro atoms. The SMILES string of the molecule is C=Cc1cn([C@H]2O[C@@H](CO)C(O)C2F)c(=O)[nH]c1=O. The third-order valence-corrected chi connectivity index (χ3v) is 2.96. The summed E-state index contributed by atoms with van der Waals surface area (Å²) in [4.78, 5) is 25.0. The van der Waals surface area contributed by atoms with Crippen LogP contribution in [-0.2, 0) is 4.74 Å². The van der Waals surface area contributed by atoms with Gasteiger partial charge in [-0.05, 0) is 0 Å². The lowest BCUT2D eigenvalue weighted by Gasteiger charge is -2.16. The molecule has 7 nitrogen and oxygen atoms in total. The minimum atomic E-state index is -1.89. The van der Waals surface area contributed by atoms with Gasteiger partial charge in [-0.1, -0.05) is 12.7 Å². The maximum absolute atomic E-state index is 13.9. The molecule has 1 aromatic heterocycles. The number of hydrogen-bond acceptors (Lipinski definition) is 5. The van der Waals surface area contributed by atoms with Gasteiger partial charge in [-0.15, -0.1) is 0 Å². The largest absolute Gasteiger partial charge is 0.394 e. The monoisotopic (exact) mass is 272 g/mol. The van der Waals surface area contributed by atoms with Gasteiger partial charge in [0, 0.05) is 6.20 Å². The molecule has 1 fully saturated rings. The maximum Gasteiger partial charge on any atom is 0.330 e. The van der Waals surface area contributed by atoms with E-state index in [4.69, 9.17) is 9.84 Å². The average Bonchev–Trinajstić information content (AvgIpc) is 2.67. The third kappa shape index (κ3) is 2.25. The van der Waals surface area contributed by atoms with Crippen molar-refractivity contribution in [2.75, 3.05) is 6.61 Å². The Balaban J connectivity index is 2.46. The first-order valence-electron chi connectivity index (χ1n) is 5.56. The van der Waals surface area contributed by atoms with Crippen LogP contribution in [0.1, 0.15) is 11.8 Å². The predicted octanol–water partition coefficient (Wildman–Crippen LogP) is -1.23. The normalized spacial score (nSPS) is 30.5. The minimum absolute atomic E-state index is 0.0670. The number of aliphatic hydroxyl groups is 2. The van der Waals surface area contributed by atoms with Gasteiger partial charge in [-0.3, -0.25) is 14.3 Å². The summed E-state index contributed by atoms with van der Waals surface area (Å²) in [5, 5.41) is 18.4. The van der Waals surface area contributed by atoms with Crippen molar-refractivity contribution in [2.24, 2.45) is 0 Å². The van der Waals surface area contributed by atoms with Gasteiger partial charge in [-0.25, -0.2) is 9.18 Å². The number of halogens is 1. The van der Waals surface area contributed by atoms with Gasteiger partial charge < -0.3 is 14.9 Å². The second kappa shape index (κ2) is 5.08. The number of ether oxygens (including phenoxy) is 1. The molecule has 1 saturated heterocycles. The number of alkyl halides is 1. The predicted molar refractivity (Wildman–Crippen MR) is 63.3 cm³/mol. The maximum atomic E-state index is 13.9. The summed E-state index contributed by atoms with van der Waals surface area (Å²) < 4.78 is 19.8. The van der Waals surface area contributed by atoms with Gasteiger partial charge in [-0.2, -0.15) is 0 Å². The molecule has 2 rings (SSSR count). The molecule has 1 aliphatic heterocycles. The van der Waals surface area contributed by atoms with Crippen molar-refractivity contribution >= 4 is 6.08 Å². The van der Waals surface area contributed by atoms with Crippen LogP contribution >= 0.6 is 0 Å². The lowest BCUT2D eigenvalue weighted by Crippen LogP contribution is -2.36. The Morgan fingerprint density at radius 1 is 1.58 bits per heavy atom. The van der Waals surface area contributed by atoms with Crippen LogP contribution in [0.25, 0.3) is 6.08 Å². The fraction of sp³-hybridized carbons (Fsp3) is 0.455. The molecule has 0 radical (unpaired) electrons. The molecule has 19 heavy (non-hydrogen) atoms. The van der Waals surface area contributed by atoms with Crippen LogP contribution in [0.15, 0.2) is 22.4 Å². The Kier molecular flexibility index (Phi) is 3.65. The number of nitrogens with zero attached hydrogens (tertiary/aromatic N) is 1. The second-order valence-corrected chi connectivity index (χ2v) is 4.14. The van der Waals surface area contributed by atoms with E-state index in [-0.39, 0.29) is 5.56 Å². The van der Waals surface area contributed by atoms with Crippen molar-refractivity contribution in [1.29, 1.82) is 0 Å². The molecule has 1 aromatic rings. The number of hydrogen-bond donors (Lipinski definition) is 3. The van der Waals surface area contributed by atoms with Gasteiger partial charge in [0.15, 0.2) is 12.4 Å². The van der Waals surface area contributed by atoms with Crippen LogP contribution in [0.5, 0.6) is 0 Å². The molecule has 4 atom stereocenters. The van der Waals surface area contributed by atoms with Crippen molar-refractivity contribution in [2.45, 2.75) is 24.6 Å². The standard InChI is InChI=1S/C11H13FN2O5/c1-2-5-3-14(11(18)13-9(5)17)10-7(12)8(16)6(4-15)19-10/h2-3,6-8,10,15-16H,1,4H2,(H,13,17,18)/t6-,7?,8?,10-/m0/s1. The highest BCUT2D eigenvalue weighted by Crippen LogP contribution is 2.30. The highest BCUT2D eigenvalue weighted by molar-refractivity contribution is 5.43. The summed E-state index contributed by atoms with van der Waals surface area (Å²) >= 11 is 0. The number of aromatic nitrogens is 2. The van der Waals surface area contributed by atoms with Gasteiger partial charge in [0.1, 0.15) is 12.2 Å². The zero-order chi connectivity index (χ0) is 14.2. The molecule has 0 saturated carbocycles. The summed E-state index contributed by atoms with van der Waals surface area (Å²) in [6.45, 7) is 2.82. The Labute approximate surface area is 106 Å². The lowest BCUT2D eigenvalue weighted by atomic mass is 10.1. The number of aliphatic hydroxyl groups excluding tert-OH is 2. The minimum Gasteiger partial charge on any atom is -0.394 e. The first-order valence-corrected chi connectivity index (χ1v) is 5.56. The number of nitrogens with one attached hydrogen (secondary N) is 1. The molecule has 0 bridgehead atoms. The number of H-pyrrole nitrogens is 1. The van der Waals surface area contributed by atoms with Crippen molar-refractivity contribution in [1.82, 2.24) is 9.55 Å². The van der Waals surface area contributed by atoms with Crippen LogP contribution in [0.4, 0.5) is 4.39 Å². The summed E-state index contributed by atoms with van der Waals surface area (Å²) in [7, 11) is 0. The smallest absolute Gasteiger partial charge is 0.330 e. The highest BCUT2D eigenvalue weighted by Gasteiger charge is 2.45. The van der Waals surface area contributed by atoms with Crippen LogP contribution < -0.4 is 11.2 Å². The van der Waals surface area contributed by atoms with Crippen LogP contribution in [0.2, 0.25) is 0 Å². The number of rotatable bonds is 3. The molecule has 104 valence electrons. The Bertz CT molecular complexity index is 595. The summed E-state index contributed by atoms with van der Waals surface area (Å²) in [5.74, 6) is 0. The fourth-order valence-corrected chi connectivity index (χ4v) is 1.91. The molecule has 8 heteroatoms. The van der Waals surface area contributed by atoms with Gasteiger partial charge in [0.2, 0.25) is 0 Å². The van der Waals surface area contributed by atoms with E-state index in [0.717, 1.165) is 10.8 Å². The van der Waals surface area contributed by atoms with E-state index in [2.05, 4.69) is 6.58 Å². The highest BCUT2D eigenvalue weighted by atomic mass is 19.1. The van der Waals surface area contributed by atoms with E-state index in [0.29, 0.717) is 0 Å². The Hall–Kier alpha value is -1.77. The molecule has 3 N–H and O–H groups in total. The van der Waals surface area contributed by atoms with Gasteiger partial charge in [0.25, 0.3) is 5.56 Å². The second-order valence-electron chi connectivity index (χ2n) is 4.14. The van der Waals surface area contributed by atoms with E-state index in [1.165, 1.54) is 6.08 Å². The molecule has 2 heterocycles. The summed E-state index contributed by atoms with van der Waals surface area (Å²) in [5.41, 5.74) is -1.45. The average molecular weight is 272 g/mol. The lowest BCUT2D eigenvalue weighted by molar-refractivity contribution is -0.0491. The quantitative estimate of drug-likeness (QED) is 0.639. The Morgan fingerprint density at radius 2 is 2.26 bits per heavy atom. The molecule has 0 aromatic carbocycles. The van der Waals surface area contributed by atoms with Crippen molar-refractivity contribution in [3.05, 3.63) is 39.2 Å². The zero-order valence-electron chi connectivity index (χ0n) is 9.82. The fourth-order valence-electron chi connectivity index (χ4n) is 1.91. The summed E-state index contributed by atoms with van der Waals surface area (Å²) in [6.07, 6.45) is -3.66. The van der Waals surface area contributed by atoms with E-state index in [1.807, 2.05) is 4.98 Å². The summed E-state index contributed by atoms with van der Waals surface area (Å²) in [6, 6.07) is 0. The molecule has 2 unspecified atom stereocenters. The topological polar surface area (TPSA) is 105 Å². The molecule has 0 aliphatic carbocycles. The van der Waals surface area contributed by atoms with E-state index in [1.54, 1.807) is 0 Å². The van der Waals surface area contributed by atoms with Gasteiger partial charge in [0.05, 0.1) is 12.2 Å². The van der Waals surface area contributed by atoms with Crippen LogP contribution in [0.3, 0.4) is 0 Å². The number of aromatic amines is 1. The zero-order valence-corrected chi connectivity index (χ0v) is 9.82. The Morgan fingerprint density at radius 3 is 2.79 bits per heavy atom. The first-order chi connectivity index (χ1) is 8.99. The third-order valence-electron chi connectivity index (χ3n) is 2.96. The van der Waals surface area contributed by atoms with Crippen molar-refractivity contribution in [3.63, 3.8) is 0 Å². The molecular formula is C11H13FN2O5. The van der Waals surface area contributed by atoms with Crippen molar-refractivity contribution < 1.29 is 19.3 Å². The van der Waals surface area contributed by atoms with Gasteiger partial charge >= 0.3 is 5.69 Å². The van der Waals surface area contributed by atoms with Crippen LogP contribution in [0, 0.1) is 0 Å². The van der Waals surface area contributed by atoms with Crippen LogP contribution in [-0.4, -0.2) is 44.8 Å².